The molecule has 16 heavy (non-hydrogen) atoms. The van der Waals surface area contributed by atoms with Crippen molar-refractivity contribution in [2.24, 2.45) is 5.41 Å². The Balaban J connectivity index is 2.15. The molecule has 0 aliphatic heterocycles. The predicted molar refractivity (Wildman–Crippen MR) is 56.9 cm³/mol. The van der Waals surface area contributed by atoms with E-state index in [0.29, 0.717) is 12.8 Å². The summed E-state index contributed by atoms with van der Waals surface area (Å²) in [5.41, 5.74) is 0.552. The molecule has 4 nitrogen and oxygen atoms in total. The minimum absolute atomic E-state index is 0.00951. The Labute approximate surface area is 92.6 Å². The smallest absolute Gasteiger partial charge is 0.318 e. The van der Waals surface area contributed by atoms with Crippen LogP contribution in [0.15, 0.2) is 35.5 Å². The Hall–Kier alpha value is -1.84. The topological polar surface area (TPSA) is 74.6 Å². The molecule has 2 rings (SSSR count). The van der Waals surface area contributed by atoms with E-state index in [0.717, 1.165) is 11.1 Å². The zero-order valence-electron chi connectivity index (χ0n) is 8.64. The highest BCUT2D eigenvalue weighted by atomic mass is 16.4. The van der Waals surface area contributed by atoms with Crippen LogP contribution in [0.1, 0.15) is 19.3 Å². The molecule has 0 spiro atoms. The summed E-state index contributed by atoms with van der Waals surface area (Å²) in [6.45, 7) is 0. The van der Waals surface area contributed by atoms with Gasteiger partial charge in [-0.15, -0.1) is 0 Å². The summed E-state index contributed by atoms with van der Waals surface area (Å²) in [6, 6.07) is 0. The van der Waals surface area contributed by atoms with Gasteiger partial charge in [-0.05, 0) is 24.0 Å². The van der Waals surface area contributed by atoms with E-state index in [-0.39, 0.29) is 6.42 Å². The number of hydrogen-bond acceptors (Lipinski definition) is 2. The van der Waals surface area contributed by atoms with Crippen molar-refractivity contribution in [2.45, 2.75) is 19.3 Å². The van der Waals surface area contributed by atoms with E-state index in [1.165, 1.54) is 0 Å². The van der Waals surface area contributed by atoms with Gasteiger partial charge in [0.1, 0.15) is 5.41 Å². The number of aliphatic carboxylic acids is 2. The molecule has 0 fully saturated rings. The van der Waals surface area contributed by atoms with Crippen LogP contribution in [0, 0.1) is 5.41 Å². The first-order chi connectivity index (χ1) is 7.57. The van der Waals surface area contributed by atoms with Crippen molar-refractivity contribution in [1.82, 2.24) is 0 Å². The minimum atomic E-state index is -0.977. The quantitative estimate of drug-likeness (QED) is 0.740. The Morgan fingerprint density at radius 1 is 1.12 bits per heavy atom. The van der Waals surface area contributed by atoms with Crippen LogP contribution in [0.5, 0.6) is 0 Å². The summed E-state index contributed by atoms with van der Waals surface area (Å²) in [5.74, 6) is -1.78. The number of rotatable bonds is 5. The Kier molecular flexibility index (Phi) is 2.42. The fourth-order valence-corrected chi connectivity index (χ4v) is 2.35. The lowest BCUT2D eigenvalue weighted by molar-refractivity contribution is -0.145. The third-order valence-corrected chi connectivity index (χ3v) is 3.18. The minimum Gasteiger partial charge on any atom is -0.481 e. The molecule has 84 valence electrons. The van der Waals surface area contributed by atoms with Crippen molar-refractivity contribution in [1.29, 1.82) is 0 Å². The number of hydrogen-bond donors (Lipinski definition) is 2. The Morgan fingerprint density at radius 2 is 1.69 bits per heavy atom. The van der Waals surface area contributed by atoms with Crippen LogP contribution in [-0.4, -0.2) is 22.2 Å². The fraction of sp³-hybridized carbons (Fsp3) is 0.333. The van der Waals surface area contributed by atoms with E-state index < -0.39 is 17.4 Å². The predicted octanol–water partition coefficient (Wildman–Crippen LogP) is 1.75. The maximum Gasteiger partial charge on any atom is 0.318 e. The molecule has 0 aromatic carbocycles. The molecule has 0 saturated heterocycles. The molecule has 4 heteroatoms. The zero-order chi connectivity index (χ0) is 11.8. The normalized spacial score (nSPS) is 19.5. The van der Waals surface area contributed by atoms with Gasteiger partial charge in [0.25, 0.3) is 0 Å². The number of fused-ring (bicyclic) bond motifs is 2. The lowest BCUT2D eigenvalue weighted by Crippen LogP contribution is -2.30. The van der Waals surface area contributed by atoms with E-state index in [4.69, 9.17) is 5.11 Å². The number of allylic oxidation sites excluding steroid dienone is 4. The van der Waals surface area contributed by atoms with Crippen LogP contribution in [0.25, 0.3) is 0 Å². The average molecular weight is 220 g/mol. The van der Waals surface area contributed by atoms with Crippen LogP contribution in [0.4, 0.5) is 0 Å². The van der Waals surface area contributed by atoms with Crippen LogP contribution in [0.3, 0.4) is 0 Å². The second kappa shape index (κ2) is 3.63. The summed E-state index contributed by atoms with van der Waals surface area (Å²) >= 11 is 0. The van der Waals surface area contributed by atoms with Crippen LogP contribution < -0.4 is 0 Å². The van der Waals surface area contributed by atoms with Crippen molar-refractivity contribution in [3.05, 3.63) is 35.5 Å². The van der Waals surface area contributed by atoms with Crippen molar-refractivity contribution >= 4 is 11.9 Å². The highest BCUT2D eigenvalue weighted by molar-refractivity contribution is 5.89. The number of carbonyl (C=O) groups is 2. The highest BCUT2D eigenvalue weighted by Gasteiger charge is 2.48. The standard InChI is InChI=1S/C12H12O4/c13-10(14)2-1-7-12(11(15)16)8-3-4-9(12)6-5-8/h3-6H,1-2,7H2,(H,13,14)(H,15,16). The third kappa shape index (κ3) is 1.38. The first-order valence-corrected chi connectivity index (χ1v) is 5.13. The van der Waals surface area contributed by atoms with Gasteiger partial charge in [0, 0.05) is 6.42 Å². The van der Waals surface area contributed by atoms with E-state index in [2.05, 4.69) is 0 Å². The SMILES string of the molecule is O=C(O)CCCC1(C(=O)O)C2=CC=C1C=C2. The molecule has 2 N–H and O–H groups in total. The van der Waals surface area contributed by atoms with Crippen LogP contribution in [0.2, 0.25) is 0 Å². The third-order valence-electron chi connectivity index (χ3n) is 3.18. The number of carboxylic acid groups (broad SMARTS) is 2. The van der Waals surface area contributed by atoms with E-state index in [1.807, 2.05) is 0 Å². The summed E-state index contributed by atoms with van der Waals surface area (Å²) in [4.78, 5) is 21.8. The lowest BCUT2D eigenvalue weighted by Gasteiger charge is -2.24. The van der Waals surface area contributed by atoms with E-state index >= 15 is 0 Å². The molecule has 0 atom stereocenters. The zero-order valence-corrected chi connectivity index (χ0v) is 8.64. The van der Waals surface area contributed by atoms with Crippen LogP contribution in [-0.2, 0) is 9.59 Å². The van der Waals surface area contributed by atoms with Crippen LogP contribution >= 0.6 is 0 Å². The highest BCUT2D eigenvalue weighted by Crippen LogP contribution is 2.50. The van der Waals surface area contributed by atoms with Gasteiger partial charge in [-0.1, -0.05) is 24.3 Å². The Morgan fingerprint density at radius 3 is 2.06 bits per heavy atom. The molecule has 0 saturated carbocycles. The molecule has 0 unspecified atom stereocenters. The fourth-order valence-electron chi connectivity index (χ4n) is 2.35. The molecular weight excluding hydrogens is 208 g/mol. The summed E-state index contributed by atoms with van der Waals surface area (Å²) in [5, 5.41) is 17.9. The summed E-state index contributed by atoms with van der Waals surface area (Å²) in [7, 11) is 0. The maximum atomic E-state index is 11.4. The van der Waals surface area contributed by atoms with Gasteiger partial charge in [-0.3, -0.25) is 9.59 Å². The number of carboxylic acids is 2. The van der Waals surface area contributed by atoms with Crippen molar-refractivity contribution in [2.75, 3.05) is 0 Å². The van der Waals surface area contributed by atoms with Crippen molar-refractivity contribution in [3.63, 3.8) is 0 Å². The van der Waals surface area contributed by atoms with Gasteiger partial charge in [0.15, 0.2) is 0 Å². The monoisotopic (exact) mass is 220 g/mol. The van der Waals surface area contributed by atoms with Gasteiger partial charge in [-0.2, -0.15) is 0 Å². The first kappa shape index (κ1) is 10.7. The molecule has 0 aromatic rings. The molecule has 2 bridgehead atoms. The van der Waals surface area contributed by atoms with Crippen molar-refractivity contribution in [3.8, 4) is 0 Å². The maximum absolute atomic E-state index is 11.4. The lowest BCUT2D eigenvalue weighted by atomic mass is 9.77. The van der Waals surface area contributed by atoms with Gasteiger partial charge in [-0.25, -0.2) is 0 Å². The van der Waals surface area contributed by atoms with Gasteiger partial charge < -0.3 is 10.2 Å². The summed E-state index contributed by atoms with van der Waals surface area (Å²) in [6.07, 6.45) is 7.91. The van der Waals surface area contributed by atoms with Gasteiger partial charge in [0.05, 0.1) is 0 Å². The largest absolute Gasteiger partial charge is 0.481 e. The van der Waals surface area contributed by atoms with E-state index in [1.54, 1.807) is 24.3 Å². The molecule has 0 heterocycles. The summed E-state index contributed by atoms with van der Waals surface area (Å²) < 4.78 is 0. The molecule has 2 aliphatic carbocycles. The average Bonchev–Trinajstić information content (AvgIpc) is 2.73. The molecular formula is C12H12O4. The second-order valence-corrected chi connectivity index (χ2v) is 4.04. The molecule has 0 aromatic heterocycles. The van der Waals surface area contributed by atoms with E-state index in [9.17, 15) is 14.7 Å². The Bertz CT molecular complexity index is 418. The first-order valence-electron chi connectivity index (χ1n) is 5.13. The second-order valence-electron chi connectivity index (χ2n) is 4.04. The van der Waals surface area contributed by atoms with Gasteiger partial charge in [0.2, 0.25) is 0 Å². The van der Waals surface area contributed by atoms with Crippen molar-refractivity contribution < 1.29 is 19.8 Å². The molecule has 2 aliphatic rings. The molecule has 0 radical (unpaired) electrons. The van der Waals surface area contributed by atoms with Gasteiger partial charge >= 0.3 is 11.9 Å². The molecule has 0 amide bonds.